The second kappa shape index (κ2) is 8.64. The van der Waals surface area contributed by atoms with Crippen LogP contribution in [0.2, 0.25) is 5.02 Å². The fourth-order valence-corrected chi connectivity index (χ4v) is 2.01. The van der Waals surface area contributed by atoms with Crippen LogP contribution in [0, 0.1) is 0 Å². The van der Waals surface area contributed by atoms with Gasteiger partial charge in [-0.25, -0.2) is 4.79 Å². The highest BCUT2D eigenvalue weighted by molar-refractivity contribution is 6.31. The minimum atomic E-state index is -0.471. The van der Waals surface area contributed by atoms with E-state index in [0.717, 1.165) is 12.0 Å². The Balaban J connectivity index is 2.39. The van der Waals surface area contributed by atoms with Gasteiger partial charge in [-0.1, -0.05) is 36.7 Å². The summed E-state index contributed by atoms with van der Waals surface area (Å²) in [6, 6.07) is 6.92. The number of carbonyl (C=O) groups is 2. The molecule has 0 unspecified atom stereocenters. The van der Waals surface area contributed by atoms with Gasteiger partial charge in [0.25, 0.3) is 0 Å². The zero-order valence-corrected chi connectivity index (χ0v) is 13.3. The van der Waals surface area contributed by atoms with Crippen molar-refractivity contribution in [1.82, 2.24) is 16.0 Å². The van der Waals surface area contributed by atoms with E-state index in [0.29, 0.717) is 5.02 Å². The van der Waals surface area contributed by atoms with Crippen LogP contribution in [-0.4, -0.2) is 24.5 Å². The van der Waals surface area contributed by atoms with Crippen molar-refractivity contribution in [1.29, 1.82) is 0 Å². The Kier molecular flexibility index (Phi) is 7.19. The average molecular weight is 312 g/mol. The van der Waals surface area contributed by atoms with Crippen molar-refractivity contribution < 1.29 is 9.59 Å². The second-order valence-corrected chi connectivity index (χ2v) is 5.36. The van der Waals surface area contributed by atoms with Gasteiger partial charge in [0.05, 0.1) is 6.54 Å². The molecule has 5 nitrogen and oxygen atoms in total. The van der Waals surface area contributed by atoms with Gasteiger partial charge in [0.1, 0.15) is 0 Å². The van der Waals surface area contributed by atoms with Gasteiger partial charge in [-0.3, -0.25) is 10.1 Å². The van der Waals surface area contributed by atoms with Crippen molar-refractivity contribution >= 4 is 23.5 Å². The molecule has 21 heavy (non-hydrogen) atoms. The molecular formula is C15H22ClN3O2. The molecule has 0 fully saturated rings. The number of halogens is 1. The first-order valence-electron chi connectivity index (χ1n) is 7.02. The van der Waals surface area contributed by atoms with Crippen LogP contribution in [0.5, 0.6) is 0 Å². The summed E-state index contributed by atoms with van der Waals surface area (Å²) in [6.07, 6.45) is 0.809. The fraction of sp³-hybridized carbons (Fsp3) is 0.467. The van der Waals surface area contributed by atoms with Crippen molar-refractivity contribution in [2.45, 2.75) is 39.3 Å². The van der Waals surface area contributed by atoms with Crippen LogP contribution in [-0.2, 0) is 4.79 Å². The second-order valence-electron chi connectivity index (χ2n) is 4.96. The number of hydrogen-bond donors (Lipinski definition) is 3. The van der Waals surface area contributed by atoms with Gasteiger partial charge < -0.3 is 10.6 Å². The van der Waals surface area contributed by atoms with Gasteiger partial charge in [-0.2, -0.15) is 0 Å². The van der Waals surface area contributed by atoms with E-state index < -0.39 is 6.03 Å². The lowest BCUT2D eigenvalue weighted by Gasteiger charge is -2.16. The number of urea groups is 1. The summed E-state index contributed by atoms with van der Waals surface area (Å²) in [5.41, 5.74) is 0.913. The molecule has 0 heterocycles. The number of amides is 3. The van der Waals surface area contributed by atoms with Crippen LogP contribution in [0.1, 0.15) is 38.8 Å². The lowest BCUT2D eigenvalue weighted by molar-refractivity contribution is -0.119. The summed E-state index contributed by atoms with van der Waals surface area (Å²) in [5, 5.41) is 8.63. The quantitative estimate of drug-likeness (QED) is 0.756. The third-order valence-electron chi connectivity index (χ3n) is 3.18. The van der Waals surface area contributed by atoms with Gasteiger partial charge in [0.15, 0.2) is 0 Å². The van der Waals surface area contributed by atoms with Gasteiger partial charge in [-0.15, -0.1) is 0 Å². The van der Waals surface area contributed by atoms with E-state index in [9.17, 15) is 9.59 Å². The molecule has 0 spiro atoms. The predicted molar refractivity (Wildman–Crippen MR) is 84.3 cm³/mol. The minimum absolute atomic E-state index is 0.0350. The molecule has 2 atom stereocenters. The first-order valence-corrected chi connectivity index (χ1v) is 7.40. The lowest BCUT2D eigenvalue weighted by Crippen LogP contribution is -2.46. The van der Waals surface area contributed by atoms with Crippen molar-refractivity contribution in [3.8, 4) is 0 Å². The van der Waals surface area contributed by atoms with Crippen LogP contribution >= 0.6 is 11.6 Å². The lowest BCUT2D eigenvalue weighted by atomic mass is 10.1. The van der Waals surface area contributed by atoms with Crippen molar-refractivity contribution in [2.24, 2.45) is 0 Å². The third-order valence-corrected chi connectivity index (χ3v) is 3.53. The molecule has 0 radical (unpaired) electrons. The molecule has 6 heteroatoms. The SMILES string of the molecule is CC[C@@H](C)NC(=O)NC(=O)CN[C@@H](C)c1ccccc1Cl. The molecule has 0 aromatic heterocycles. The summed E-state index contributed by atoms with van der Waals surface area (Å²) in [6.45, 7) is 5.79. The van der Waals surface area contributed by atoms with Gasteiger partial charge >= 0.3 is 6.03 Å². The molecule has 3 amide bonds. The highest BCUT2D eigenvalue weighted by Gasteiger charge is 2.13. The Labute approximate surface area is 130 Å². The van der Waals surface area contributed by atoms with E-state index in [1.165, 1.54) is 0 Å². The van der Waals surface area contributed by atoms with Crippen molar-refractivity contribution in [2.75, 3.05) is 6.54 Å². The van der Waals surface area contributed by atoms with Crippen LogP contribution in [0.3, 0.4) is 0 Å². The maximum absolute atomic E-state index is 11.7. The summed E-state index contributed by atoms with van der Waals surface area (Å²) < 4.78 is 0. The Morgan fingerprint density at radius 2 is 1.90 bits per heavy atom. The number of benzene rings is 1. The first kappa shape index (κ1) is 17.5. The van der Waals surface area contributed by atoms with Crippen molar-refractivity contribution in [3.63, 3.8) is 0 Å². The van der Waals surface area contributed by atoms with Gasteiger partial charge in [0.2, 0.25) is 5.91 Å². The van der Waals surface area contributed by atoms with Gasteiger partial charge in [0, 0.05) is 17.1 Å². The maximum Gasteiger partial charge on any atom is 0.321 e. The topological polar surface area (TPSA) is 70.2 Å². The average Bonchev–Trinajstić information content (AvgIpc) is 2.44. The molecule has 0 saturated carbocycles. The standard InChI is InChI=1S/C15H22ClN3O2/c1-4-10(2)18-15(21)19-14(20)9-17-11(3)12-7-5-6-8-13(12)16/h5-8,10-11,17H,4,9H2,1-3H3,(H2,18,19,20,21)/t10-,11+/m1/s1. The van der Waals surface area contributed by atoms with Crippen molar-refractivity contribution in [3.05, 3.63) is 34.9 Å². The molecule has 0 aliphatic rings. The van der Waals surface area contributed by atoms with Crippen LogP contribution in [0.4, 0.5) is 4.79 Å². The highest BCUT2D eigenvalue weighted by Crippen LogP contribution is 2.21. The molecule has 0 saturated heterocycles. The highest BCUT2D eigenvalue weighted by atomic mass is 35.5. The number of imide groups is 1. The van der Waals surface area contributed by atoms with E-state index >= 15 is 0 Å². The number of nitrogens with one attached hydrogen (secondary N) is 3. The summed E-state index contributed by atoms with van der Waals surface area (Å²) in [7, 11) is 0. The Hall–Kier alpha value is -1.59. The van der Waals surface area contributed by atoms with Crippen LogP contribution < -0.4 is 16.0 Å². The minimum Gasteiger partial charge on any atom is -0.335 e. The van der Waals surface area contributed by atoms with Gasteiger partial charge in [-0.05, 0) is 31.9 Å². The fourth-order valence-electron chi connectivity index (χ4n) is 1.71. The molecule has 116 valence electrons. The van der Waals surface area contributed by atoms with E-state index in [4.69, 9.17) is 11.6 Å². The summed E-state index contributed by atoms with van der Waals surface area (Å²) in [4.78, 5) is 23.2. The Morgan fingerprint density at radius 3 is 2.52 bits per heavy atom. The molecule has 0 aliphatic carbocycles. The summed E-state index contributed by atoms with van der Waals surface area (Å²) in [5.74, 6) is -0.380. The molecule has 1 rings (SSSR count). The molecular weight excluding hydrogens is 290 g/mol. The van der Waals surface area contributed by atoms with E-state index in [1.54, 1.807) is 6.07 Å². The zero-order chi connectivity index (χ0) is 15.8. The molecule has 0 aliphatic heterocycles. The zero-order valence-electron chi connectivity index (χ0n) is 12.6. The van der Waals surface area contributed by atoms with Crippen LogP contribution in [0.25, 0.3) is 0 Å². The number of carbonyl (C=O) groups excluding carboxylic acids is 2. The largest absolute Gasteiger partial charge is 0.335 e. The monoisotopic (exact) mass is 311 g/mol. The summed E-state index contributed by atoms with van der Waals surface area (Å²) >= 11 is 6.09. The Bertz CT molecular complexity index is 494. The van der Waals surface area contributed by atoms with Crippen LogP contribution in [0.15, 0.2) is 24.3 Å². The van der Waals surface area contributed by atoms with E-state index in [-0.39, 0.29) is 24.5 Å². The van der Waals surface area contributed by atoms with E-state index in [2.05, 4.69) is 16.0 Å². The molecule has 3 N–H and O–H groups in total. The predicted octanol–water partition coefficient (Wildman–Crippen LogP) is 2.61. The smallest absolute Gasteiger partial charge is 0.321 e. The molecule has 1 aromatic rings. The van der Waals surface area contributed by atoms with E-state index in [1.807, 2.05) is 39.0 Å². The Morgan fingerprint density at radius 1 is 1.24 bits per heavy atom. The number of hydrogen-bond acceptors (Lipinski definition) is 3. The first-order chi connectivity index (χ1) is 9.93. The number of rotatable bonds is 6. The third kappa shape index (κ3) is 6.14. The molecule has 1 aromatic carbocycles. The molecule has 0 bridgehead atoms. The normalized spacial score (nSPS) is 13.3. The maximum atomic E-state index is 11.7.